The van der Waals surface area contributed by atoms with E-state index in [9.17, 15) is 9.90 Å². The fourth-order valence-electron chi connectivity index (χ4n) is 2.66. The number of nitrogens with zero attached hydrogens (tertiary/aromatic N) is 1. The summed E-state index contributed by atoms with van der Waals surface area (Å²) in [7, 11) is 0. The molecule has 1 aromatic heterocycles. The first-order valence-corrected chi connectivity index (χ1v) is 7.50. The second kappa shape index (κ2) is 5.66. The lowest BCUT2D eigenvalue weighted by molar-refractivity contribution is 0.466. The van der Waals surface area contributed by atoms with Gasteiger partial charge in [0, 0.05) is 6.21 Å². The van der Waals surface area contributed by atoms with E-state index < -0.39 is 5.63 Å². The number of benzene rings is 3. The summed E-state index contributed by atoms with van der Waals surface area (Å²) in [5, 5.41) is 13.0. The van der Waals surface area contributed by atoms with Gasteiger partial charge in [-0.15, -0.1) is 0 Å². The Balaban J connectivity index is 1.80. The molecule has 0 atom stereocenters. The number of aromatic hydroxyl groups is 1. The highest BCUT2D eigenvalue weighted by Crippen LogP contribution is 2.26. The fraction of sp³-hybridized carbons (Fsp3) is 0. The number of hydrogen-bond acceptors (Lipinski definition) is 4. The van der Waals surface area contributed by atoms with Gasteiger partial charge in [0.25, 0.3) is 0 Å². The average Bonchev–Trinajstić information content (AvgIpc) is 2.61. The van der Waals surface area contributed by atoms with E-state index in [-0.39, 0.29) is 11.3 Å². The summed E-state index contributed by atoms with van der Waals surface area (Å²) in [6.07, 6.45) is 1.34. The molecule has 0 aliphatic rings. The summed E-state index contributed by atoms with van der Waals surface area (Å²) >= 11 is 0. The number of fused-ring (bicyclic) bond motifs is 2. The van der Waals surface area contributed by atoms with Crippen molar-refractivity contribution in [3.63, 3.8) is 0 Å². The number of aliphatic imine (C=N–C) groups is 1. The summed E-state index contributed by atoms with van der Waals surface area (Å²) in [4.78, 5) is 16.4. The maximum Gasteiger partial charge on any atom is 0.348 e. The molecular formula is C20H13NO3. The SMILES string of the molecule is O=c1oc2ccccc2c(O)c1C=Nc1ccc2ccccc2c1. The highest BCUT2D eigenvalue weighted by atomic mass is 16.4. The summed E-state index contributed by atoms with van der Waals surface area (Å²) in [6.45, 7) is 0. The molecule has 0 aliphatic heterocycles. The van der Waals surface area contributed by atoms with Crippen LogP contribution in [0.2, 0.25) is 0 Å². The van der Waals surface area contributed by atoms with Gasteiger partial charge in [-0.05, 0) is 35.0 Å². The van der Waals surface area contributed by atoms with Gasteiger partial charge in [0.1, 0.15) is 16.9 Å². The van der Waals surface area contributed by atoms with E-state index in [1.807, 2.05) is 42.5 Å². The molecule has 0 bridgehead atoms. The second-order valence-electron chi connectivity index (χ2n) is 5.44. The minimum Gasteiger partial charge on any atom is -0.506 e. The van der Waals surface area contributed by atoms with Crippen molar-refractivity contribution in [3.8, 4) is 5.75 Å². The predicted octanol–water partition coefficient (Wildman–Crippen LogP) is 4.40. The van der Waals surface area contributed by atoms with Crippen molar-refractivity contribution >= 4 is 33.6 Å². The molecule has 0 spiro atoms. The van der Waals surface area contributed by atoms with E-state index >= 15 is 0 Å². The molecule has 4 aromatic rings. The molecule has 4 heteroatoms. The van der Waals surface area contributed by atoms with Crippen molar-refractivity contribution < 1.29 is 9.52 Å². The molecule has 0 radical (unpaired) electrons. The van der Waals surface area contributed by atoms with Gasteiger partial charge < -0.3 is 9.52 Å². The van der Waals surface area contributed by atoms with Crippen LogP contribution in [0, 0.1) is 0 Å². The third-order valence-electron chi connectivity index (χ3n) is 3.90. The van der Waals surface area contributed by atoms with Crippen LogP contribution in [0.3, 0.4) is 0 Å². The molecule has 1 N–H and O–H groups in total. The Morgan fingerprint density at radius 3 is 2.54 bits per heavy atom. The van der Waals surface area contributed by atoms with Crippen LogP contribution in [0.15, 0.2) is 80.9 Å². The molecule has 116 valence electrons. The van der Waals surface area contributed by atoms with Crippen molar-refractivity contribution in [1.82, 2.24) is 0 Å². The lowest BCUT2D eigenvalue weighted by atomic mass is 10.1. The maximum absolute atomic E-state index is 12.1. The van der Waals surface area contributed by atoms with E-state index in [4.69, 9.17) is 4.42 Å². The monoisotopic (exact) mass is 315 g/mol. The average molecular weight is 315 g/mol. The van der Waals surface area contributed by atoms with E-state index in [0.29, 0.717) is 16.7 Å². The Morgan fingerprint density at radius 2 is 1.67 bits per heavy atom. The van der Waals surface area contributed by atoms with E-state index in [2.05, 4.69) is 4.99 Å². The Kier molecular flexibility index (Phi) is 3.35. The zero-order valence-corrected chi connectivity index (χ0v) is 12.6. The minimum absolute atomic E-state index is 0.0434. The van der Waals surface area contributed by atoms with Crippen LogP contribution in [0.5, 0.6) is 5.75 Å². The first-order valence-electron chi connectivity index (χ1n) is 7.50. The molecule has 3 aromatic carbocycles. The summed E-state index contributed by atoms with van der Waals surface area (Å²) < 4.78 is 5.23. The zero-order valence-electron chi connectivity index (χ0n) is 12.6. The molecule has 0 unspecified atom stereocenters. The number of hydrogen-bond donors (Lipinski definition) is 1. The molecule has 0 aliphatic carbocycles. The highest BCUT2D eigenvalue weighted by molar-refractivity contribution is 5.94. The predicted molar refractivity (Wildman–Crippen MR) is 95.4 cm³/mol. The van der Waals surface area contributed by atoms with Crippen molar-refractivity contribution in [2.75, 3.05) is 0 Å². The van der Waals surface area contributed by atoms with Crippen molar-refractivity contribution in [2.45, 2.75) is 0 Å². The second-order valence-corrected chi connectivity index (χ2v) is 5.44. The molecule has 0 saturated heterocycles. The Labute approximate surface area is 137 Å². The smallest absolute Gasteiger partial charge is 0.348 e. The summed E-state index contributed by atoms with van der Waals surface area (Å²) in [6, 6.07) is 20.5. The van der Waals surface area contributed by atoms with Gasteiger partial charge in [-0.3, -0.25) is 4.99 Å². The van der Waals surface area contributed by atoms with Gasteiger partial charge in [0.2, 0.25) is 0 Å². The quantitative estimate of drug-likeness (QED) is 0.440. The minimum atomic E-state index is -0.615. The molecule has 0 amide bonds. The third-order valence-corrected chi connectivity index (χ3v) is 3.90. The van der Waals surface area contributed by atoms with Gasteiger partial charge >= 0.3 is 5.63 Å². The van der Waals surface area contributed by atoms with E-state index in [0.717, 1.165) is 10.8 Å². The van der Waals surface area contributed by atoms with Crippen LogP contribution in [0.25, 0.3) is 21.7 Å². The van der Waals surface area contributed by atoms with Crippen LogP contribution >= 0.6 is 0 Å². The molecule has 4 rings (SSSR count). The lowest BCUT2D eigenvalue weighted by Gasteiger charge is -2.02. The first-order chi connectivity index (χ1) is 11.7. The van der Waals surface area contributed by atoms with Gasteiger partial charge in [-0.25, -0.2) is 4.79 Å². The number of para-hydroxylation sites is 1. The Hall–Kier alpha value is -3.40. The Morgan fingerprint density at radius 1 is 0.917 bits per heavy atom. The topological polar surface area (TPSA) is 62.8 Å². The van der Waals surface area contributed by atoms with Gasteiger partial charge in [-0.2, -0.15) is 0 Å². The fourth-order valence-corrected chi connectivity index (χ4v) is 2.66. The van der Waals surface area contributed by atoms with E-state index in [1.54, 1.807) is 24.3 Å². The zero-order chi connectivity index (χ0) is 16.5. The molecule has 4 nitrogen and oxygen atoms in total. The van der Waals surface area contributed by atoms with Gasteiger partial charge in [0.15, 0.2) is 0 Å². The molecular weight excluding hydrogens is 302 g/mol. The molecule has 24 heavy (non-hydrogen) atoms. The third kappa shape index (κ3) is 2.44. The van der Waals surface area contributed by atoms with Crippen molar-refractivity contribution in [1.29, 1.82) is 0 Å². The van der Waals surface area contributed by atoms with Crippen molar-refractivity contribution in [3.05, 3.63) is 82.7 Å². The first kappa shape index (κ1) is 14.2. The standard InChI is InChI=1S/C20H13NO3/c22-19-16-7-3-4-8-18(16)24-20(23)17(19)12-21-15-10-9-13-5-1-2-6-14(13)11-15/h1-12,22H. The summed E-state index contributed by atoms with van der Waals surface area (Å²) in [5.41, 5.74) is 0.473. The van der Waals surface area contributed by atoms with Crippen LogP contribution in [0.1, 0.15) is 5.56 Å². The van der Waals surface area contributed by atoms with Crippen LogP contribution in [0.4, 0.5) is 5.69 Å². The number of rotatable bonds is 2. The maximum atomic E-state index is 12.1. The van der Waals surface area contributed by atoms with Crippen LogP contribution < -0.4 is 5.63 Å². The van der Waals surface area contributed by atoms with Crippen LogP contribution in [-0.2, 0) is 0 Å². The summed E-state index contributed by atoms with van der Waals surface area (Å²) in [5.74, 6) is -0.119. The lowest BCUT2D eigenvalue weighted by Crippen LogP contribution is -2.06. The normalized spacial score (nSPS) is 11.5. The van der Waals surface area contributed by atoms with E-state index in [1.165, 1.54) is 6.21 Å². The van der Waals surface area contributed by atoms with Gasteiger partial charge in [-0.1, -0.05) is 42.5 Å². The van der Waals surface area contributed by atoms with Crippen LogP contribution in [-0.4, -0.2) is 11.3 Å². The van der Waals surface area contributed by atoms with Gasteiger partial charge in [0.05, 0.1) is 11.1 Å². The molecule has 0 saturated carbocycles. The molecule has 0 fully saturated rings. The highest BCUT2D eigenvalue weighted by Gasteiger charge is 2.11. The van der Waals surface area contributed by atoms with Crippen molar-refractivity contribution in [2.24, 2.45) is 4.99 Å². The Bertz CT molecular complexity index is 1140. The largest absolute Gasteiger partial charge is 0.506 e. The molecule has 1 heterocycles.